The summed E-state index contributed by atoms with van der Waals surface area (Å²) in [6.45, 7) is 12.2. The topological polar surface area (TPSA) is 50.5 Å². The molecule has 0 aliphatic rings. The van der Waals surface area contributed by atoms with Crippen LogP contribution in [-0.4, -0.2) is 21.4 Å². The maximum atomic E-state index is 4.83. The van der Waals surface area contributed by atoms with Crippen LogP contribution in [-0.2, 0) is 0 Å². The Bertz CT molecular complexity index is 954. The Morgan fingerprint density at radius 1 is 0.679 bits per heavy atom. The lowest BCUT2D eigenvalue weighted by atomic mass is 10.1. The molecule has 2 aromatic carbocycles. The fourth-order valence-electron chi connectivity index (χ4n) is 3.14. The lowest BCUT2D eigenvalue weighted by Crippen LogP contribution is -2.08. The first-order chi connectivity index (χ1) is 13.4. The third kappa shape index (κ3) is 4.22. The molecule has 0 N–H and O–H groups in total. The molecule has 0 aliphatic carbocycles. The van der Waals surface area contributed by atoms with E-state index in [0.29, 0.717) is 5.82 Å². The van der Waals surface area contributed by atoms with Crippen molar-refractivity contribution >= 4 is 22.8 Å². The Labute approximate surface area is 167 Å². The van der Waals surface area contributed by atoms with Crippen molar-refractivity contribution in [3.8, 4) is 0 Å². The molecule has 0 saturated carbocycles. The molecule has 0 spiro atoms. The van der Waals surface area contributed by atoms with Crippen molar-refractivity contribution in [2.24, 2.45) is 9.98 Å². The van der Waals surface area contributed by atoms with Gasteiger partial charge in [-0.25, -0.2) is 15.0 Å². The zero-order chi connectivity index (χ0) is 20.3. The molecule has 1 heterocycles. The summed E-state index contributed by atoms with van der Waals surface area (Å²) in [5.74, 6) is 0.621. The maximum absolute atomic E-state index is 4.83. The van der Waals surface area contributed by atoms with Gasteiger partial charge in [-0.1, -0.05) is 36.4 Å². The predicted molar refractivity (Wildman–Crippen MR) is 118 cm³/mol. The second-order valence-electron chi connectivity index (χ2n) is 7.14. The Morgan fingerprint density at radius 3 is 1.64 bits per heavy atom. The van der Waals surface area contributed by atoms with Gasteiger partial charge < -0.3 is 0 Å². The van der Waals surface area contributed by atoms with E-state index in [1.165, 1.54) is 0 Å². The zero-order valence-corrected chi connectivity index (χ0v) is 17.4. The third-order valence-electron chi connectivity index (χ3n) is 4.79. The summed E-state index contributed by atoms with van der Waals surface area (Å²) in [4.78, 5) is 18.8. The van der Waals surface area contributed by atoms with Crippen LogP contribution in [0.15, 0.2) is 58.6 Å². The van der Waals surface area contributed by atoms with Gasteiger partial charge in [-0.2, -0.15) is 0 Å². The van der Waals surface area contributed by atoms with Crippen LogP contribution in [0.2, 0.25) is 0 Å². The van der Waals surface area contributed by atoms with Crippen molar-refractivity contribution in [3.05, 3.63) is 82.4 Å². The molecule has 3 aromatic rings. The molecular formula is C24H26N4. The molecule has 1 aromatic heterocycles. The molecule has 3 rings (SSSR count). The van der Waals surface area contributed by atoms with Gasteiger partial charge in [0.25, 0.3) is 0 Å². The van der Waals surface area contributed by atoms with E-state index in [0.717, 1.165) is 50.7 Å². The minimum absolute atomic E-state index is 0.621. The molecule has 0 amide bonds. The Hall–Kier alpha value is -3.14. The SMILES string of the molecule is C/C(=N\c1c(C)cccc1C)c1ccnc(/C(C)=N/c2c(C)cccc2C)n1. The van der Waals surface area contributed by atoms with E-state index in [4.69, 9.17) is 15.0 Å². The van der Waals surface area contributed by atoms with Crippen LogP contribution in [0.3, 0.4) is 0 Å². The molecule has 0 atom stereocenters. The highest BCUT2D eigenvalue weighted by molar-refractivity contribution is 6.01. The summed E-state index contributed by atoms with van der Waals surface area (Å²) >= 11 is 0. The van der Waals surface area contributed by atoms with Gasteiger partial charge in [0.2, 0.25) is 0 Å². The highest BCUT2D eigenvalue weighted by atomic mass is 14.9. The molecule has 0 bridgehead atoms. The molecule has 28 heavy (non-hydrogen) atoms. The Kier molecular flexibility index (Phi) is 5.78. The van der Waals surface area contributed by atoms with Gasteiger partial charge in [-0.3, -0.25) is 4.99 Å². The number of para-hydroxylation sites is 2. The van der Waals surface area contributed by atoms with Gasteiger partial charge in [-0.15, -0.1) is 0 Å². The smallest absolute Gasteiger partial charge is 0.174 e. The number of aromatic nitrogens is 2. The average Bonchev–Trinajstić information content (AvgIpc) is 2.67. The van der Waals surface area contributed by atoms with E-state index in [9.17, 15) is 0 Å². The lowest BCUT2D eigenvalue weighted by molar-refractivity contribution is 1.11. The van der Waals surface area contributed by atoms with Crippen molar-refractivity contribution in [3.63, 3.8) is 0 Å². The number of nitrogens with zero attached hydrogens (tertiary/aromatic N) is 4. The maximum Gasteiger partial charge on any atom is 0.174 e. The third-order valence-corrected chi connectivity index (χ3v) is 4.79. The number of hydrogen-bond acceptors (Lipinski definition) is 4. The molecule has 4 nitrogen and oxygen atoms in total. The minimum atomic E-state index is 0.621. The predicted octanol–water partition coefficient (Wildman–Crippen LogP) is 5.99. The normalized spacial score (nSPS) is 12.4. The Balaban J connectivity index is 1.98. The monoisotopic (exact) mass is 370 g/mol. The van der Waals surface area contributed by atoms with E-state index in [2.05, 4.69) is 63.0 Å². The van der Waals surface area contributed by atoms with E-state index in [-0.39, 0.29) is 0 Å². The lowest BCUT2D eigenvalue weighted by Gasteiger charge is -2.08. The summed E-state index contributed by atoms with van der Waals surface area (Å²) in [7, 11) is 0. The second-order valence-corrected chi connectivity index (χ2v) is 7.14. The summed E-state index contributed by atoms with van der Waals surface area (Å²) in [6, 6.07) is 14.3. The number of rotatable bonds is 4. The van der Waals surface area contributed by atoms with Gasteiger partial charge in [0.1, 0.15) is 0 Å². The summed E-state index contributed by atoms with van der Waals surface area (Å²) in [6.07, 6.45) is 1.77. The number of benzene rings is 2. The van der Waals surface area contributed by atoms with E-state index in [1.54, 1.807) is 6.20 Å². The van der Waals surface area contributed by atoms with E-state index < -0.39 is 0 Å². The molecule has 142 valence electrons. The summed E-state index contributed by atoms with van der Waals surface area (Å²) in [5.41, 5.74) is 9.04. The first kappa shape index (κ1) is 19.6. The van der Waals surface area contributed by atoms with E-state index >= 15 is 0 Å². The molecular weight excluding hydrogens is 344 g/mol. The number of aryl methyl sites for hydroxylation is 4. The van der Waals surface area contributed by atoms with Crippen LogP contribution in [0.5, 0.6) is 0 Å². The van der Waals surface area contributed by atoms with Crippen LogP contribution in [0, 0.1) is 27.7 Å². The Morgan fingerprint density at radius 2 is 1.14 bits per heavy atom. The largest absolute Gasteiger partial charge is 0.251 e. The molecule has 0 unspecified atom stereocenters. The van der Waals surface area contributed by atoms with Gasteiger partial charge in [0.05, 0.1) is 28.5 Å². The van der Waals surface area contributed by atoms with Crippen LogP contribution in [0.25, 0.3) is 0 Å². The van der Waals surface area contributed by atoms with Crippen LogP contribution in [0.1, 0.15) is 47.6 Å². The second kappa shape index (κ2) is 8.26. The quantitative estimate of drug-likeness (QED) is 0.530. The van der Waals surface area contributed by atoms with Crippen LogP contribution in [0.4, 0.5) is 11.4 Å². The first-order valence-electron chi connectivity index (χ1n) is 9.43. The summed E-state index contributed by atoms with van der Waals surface area (Å²) in [5, 5.41) is 0. The van der Waals surface area contributed by atoms with Crippen LogP contribution >= 0.6 is 0 Å². The van der Waals surface area contributed by atoms with Crippen molar-refractivity contribution in [2.45, 2.75) is 41.5 Å². The van der Waals surface area contributed by atoms with E-state index in [1.807, 2.05) is 26.0 Å². The van der Waals surface area contributed by atoms with Crippen molar-refractivity contribution < 1.29 is 0 Å². The molecule has 0 saturated heterocycles. The molecule has 0 radical (unpaired) electrons. The number of hydrogen-bond donors (Lipinski definition) is 0. The fraction of sp³-hybridized carbons (Fsp3) is 0.250. The van der Waals surface area contributed by atoms with Crippen molar-refractivity contribution in [1.82, 2.24) is 9.97 Å². The standard InChI is InChI=1S/C24H26N4/c1-15-9-7-10-16(2)22(15)26-19(5)21-13-14-25-24(28-21)20(6)27-23-17(3)11-8-12-18(23)4/h7-14H,1-6H3/b26-19+,27-20+. The highest BCUT2D eigenvalue weighted by Crippen LogP contribution is 2.25. The van der Waals surface area contributed by atoms with Gasteiger partial charge in [-0.05, 0) is 69.9 Å². The molecule has 0 fully saturated rings. The minimum Gasteiger partial charge on any atom is -0.251 e. The average molecular weight is 371 g/mol. The zero-order valence-electron chi connectivity index (χ0n) is 17.4. The molecule has 4 heteroatoms. The first-order valence-corrected chi connectivity index (χ1v) is 9.43. The van der Waals surface area contributed by atoms with Crippen molar-refractivity contribution in [2.75, 3.05) is 0 Å². The van der Waals surface area contributed by atoms with Crippen molar-refractivity contribution in [1.29, 1.82) is 0 Å². The number of aliphatic imine (C=N–C) groups is 2. The molecule has 0 aliphatic heterocycles. The van der Waals surface area contributed by atoms with Crippen LogP contribution < -0.4 is 0 Å². The van der Waals surface area contributed by atoms with Gasteiger partial charge in [0.15, 0.2) is 5.82 Å². The van der Waals surface area contributed by atoms with Gasteiger partial charge in [0, 0.05) is 6.20 Å². The highest BCUT2D eigenvalue weighted by Gasteiger charge is 2.09. The summed E-state index contributed by atoms with van der Waals surface area (Å²) < 4.78 is 0. The fourth-order valence-corrected chi connectivity index (χ4v) is 3.14. The van der Waals surface area contributed by atoms with Gasteiger partial charge >= 0.3 is 0 Å².